The molecule has 0 atom stereocenters. The molecule has 0 aromatic carbocycles. The smallest absolute Gasteiger partial charge is 0.113 e. The summed E-state index contributed by atoms with van der Waals surface area (Å²) >= 11 is 11.1. The number of hydrogen-bond acceptors (Lipinski definition) is 3. The van der Waals surface area contributed by atoms with Crippen LogP contribution in [0.25, 0.3) is 0 Å². The van der Waals surface area contributed by atoms with E-state index in [0.717, 1.165) is 22.8 Å². The predicted molar refractivity (Wildman–Crippen MR) is 70.1 cm³/mol. The van der Waals surface area contributed by atoms with Gasteiger partial charge in [0.1, 0.15) is 12.0 Å². The Morgan fingerprint density at radius 2 is 1.50 bits per heavy atom. The van der Waals surface area contributed by atoms with Crippen LogP contribution in [0.4, 0.5) is 0 Å². The summed E-state index contributed by atoms with van der Waals surface area (Å²) in [6.45, 7) is 3.75. The Balaban J connectivity index is 3.04. The Kier molecular flexibility index (Phi) is 5.43. The molecule has 3 nitrogen and oxygen atoms in total. The summed E-state index contributed by atoms with van der Waals surface area (Å²) in [6, 6.07) is 6.18. The highest BCUT2D eigenvalue weighted by Crippen LogP contribution is 2.04. The van der Waals surface area contributed by atoms with Crippen LogP contribution in [0.5, 0.6) is 0 Å². The fourth-order valence-corrected chi connectivity index (χ4v) is 1.54. The van der Waals surface area contributed by atoms with Gasteiger partial charge in [-0.05, 0) is 26.0 Å². The van der Waals surface area contributed by atoms with Gasteiger partial charge in [-0.15, -0.1) is 23.2 Å². The third-order valence-electron chi connectivity index (χ3n) is 2.08. The minimum absolute atomic E-state index is 0.243. The highest BCUT2D eigenvalue weighted by molar-refractivity contribution is 6.19. The average Bonchev–Trinajstić information content (AvgIpc) is 2.30. The van der Waals surface area contributed by atoms with E-state index in [-0.39, 0.29) is 12.0 Å². The van der Waals surface area contributed by atoms with Gasteiger partial charge < -0.3 is 0 Å². The van der Waals surface area contributed by atoms with Crippen molar-refractivity contribution in [2.75, 3.05) is 12.0 Å². The molecule has 0 saturated carbocycles. The van der Waals surface area contributed by atoms with Gasteiger partial charge in [0, 0.05) is 0 Å². The molecule has 1 aromatic rings. The number of pyridine rings is 1. The predicted octanol–water partition coefficient (Wildman–Crippen LogP) is 3.09. The number of nitrogens with zero attached hydrogens (tertiary/aromatic N) is 3. The molecule has 0 N–H and O–H groups in total. The zero-order valence-corrected chi connectivity index (χ0v) is 10.8. The quantitative estimate of drug-likeness (QED) is 0.464. The van der Waals surface area contributed by atoms with E-state index in [9.17, 15) is 0 Å². The fraction of sp³-hybridized carbons (Fsp3) is 0.364. The second-order valence-electron chi connectivity index (χ2n) is 3.13. The lowest BCUT2D eigenvalue weighted by Crippen LogP contribution is -2.05. The molecule has 0 unspecified atom stereocenters. The van der Waals surface area contributed by atoms with Crippen molar-refractivity contribution in [1.29, 1.82) is 0 Å². The van der Waals surface area contributed by atoms with E-state index in [4.69, 9.17) is 23.2 Å². The Hall–Kier alpha value is -0.930. The van der Waals surface area contributed by atoms with Gasteiger partial charge in [-0.25, -0.2) is 4.98 Å². The SMILES string of the molecule is C/C(=N\CCl)c1cccc(/C(C)=N/CCl)n1. The van der Waals surface area contributed by atoms with E-state index in [1.54, 1.807) is 0 Å². The maximum absolute atomic E-state index is 5.54. The first-order chi connectivity index (χ1) is 7.69. The van der Waals surface area contributed by atoms with Crippen LogP contribution in [0.3, 0.4) is 0 Å². The second kappa shape index (κ2) is 6.61. The van der Waals surface area contributed by atoms with Crippen LogP contribution >= 0.6 is 23.2 Å². The van der Waals surface area contributed by atoms with Gasteiger partial charge in [-0.1, -0.05) is 6.07 Å². The average molecular weight is 258 g/mol. The summed E-state index contributed by atoms with van der Waals surface area (Å²) < 4.78 is 0. The molecule has 0 saturated heterocycles. The number of alkyl halides is 2. The second-order valence-corrected chi connectivity index (χ2v) is 3.61. The van der Waals surface area contributed by atoms with Crippen LogP contribution < -0.4 is 0 Å². The van der Waals surface area contributed by atoms with Gasteiger partial charge in [-0.2, -0.15) is 0 Å². The Labute approximate surface area is 105 Å². The van der Waals surface area contributed by atoms with Gasteiger partial charge in [0.2, 0.25) is 0 Å². The molecule has 0 aliphatic rings. The molecule has 1 rings (SSSR count). The largest absolute Gasteiger partial charge is 0.272 e. The number of rotatable bonds is 4. The molecule has 16 heavy (non-hydrogen) atoms. The first-order valence-corrected chi connectivity index (χ1v) is 5.87. The van der Waals surface area contributed by atoms with Crippen LogP contribution in [-0.2, 0) is 0 Å². The standard InChI is InChI=1S/C11H13Cl2N3/c1-8(14-6-12)10-4-3-5-11(16-10)9(2)15-7-13/h3-5H,6-7H2,1-2H3/b14-8+,15-9+. The van der Waals surface area contributed by atoms with Crippen molar-refractivity contribution in [3.05, 3.63) is 29.6 Å². The minimum atomic E-state index is 0.243. The van der Waals surface area contributed by atoms with Crippen molar-refractivity contribution in [1.82, 2.24) is 4.98 Å². The molecule has 0 radical (unpaired) electrons. The fourth-order valence-electron chi connectivity index (χ4n) is 1.18. The van der Waals surface area contributed by atoms with E-state index < -0.39 is 0 Å². The van der Waals surface area contributed by atoms with Gasteiger partial charge in [0.25, 0.3) is 0 Å². The number of aromatic nitrogens is 1. The molecule has 5 heteroatoms. The molecule has 0 aliphatic heterocycles. The molecular formula is C11H13Cl2N3. The summed E-state index contributed by atoms with van der Waals surface area (Å²) in [5.74, 6) is 0. The van der Waals surface area contributed by atoms with E-state index in [0.29, 0.717) is 0 Å². The summed E-state index contributed by atoms with van der Waals surface area (Å²) in [5, 5.41) is 0. The van der Waals surface area contributed by atoms with Gasteiger partial charge >= 0.3 is 0 Å². The van der Waals surface area contributed by atoms with Gasteiger partial charge in [0.15, 0.2) is 0 Å². The number of hydrogen-bond donors (Lipinski definition) is 0. The van der Waals surface area contributed by atoms with Crippen LogP contribution in [0.15, 0.2) is 28.2 Å². The van der Waals surface area contributed by atoms with E-state index in [2.05, 4.69) is 15.0 Å². The lowest BCUT2D eigenvalue weighted by atomic mass is 10.2. The monoisotopic (exact) mass is 257 g/mol. The normalized spacial score (nSPS) is 13.0. The molecule has 1 heterocycles. The maximum atomic E-state index is 5.54. The van der Waals surface area contributed by atoms with E-state index >= 15 is 0 Å². The van der Waals surface area contributed by atoms with Crippen molar-refractivity contribution in [2.24, 2.45) is 9.98 Å². The van der Waals surface area contributed by atoms with Crippen LogP contribution in [0, 0.1) is 0 Å². The first-order valence-electron chi connectivity index (χ1n) is 4.81. The molecule has 0 amide bonds. The minimum Gasteiger partial charge on any atom is -0.272 e. The van der Waals surface area contributed by atoms with Crippen molar-refractivity contribution >= 4 is 34.6 Å². The van der Waals surface area contributed by atoms with Crippen molar-refractivity contribution in [3.8, 4) is 0 Å². The third kappa shape index (κ3) is 3.58. The molecule has 86 valence electrons. The highest BCUT2D eigenvalue weighted by atomic mass is 35.5. The Morgan fingerprint density at radius 3 is 1.88 bits per heavy atom. The van der Waals surface area contributed by atoms with Crippen LogP contribution in [0.1, 0.15) is 25.2 Å². The van der Waals surface area contributed by atoms with Crippen LogP contribution in [-0.4, -0.2) is 28.4 Å². The lowest BCUT2D eigenvalue weighted by molar-refractivity contribution is 1.21. The van der Waals surface area contributed by atoms with Crippen molar-refractivity contribution < 1.29 is 0 Å². The molecule has 0 aliphatic carbocycles. The summed E-state index contributed by atoms with van der Waals surface area (Å²) in [5.41, 5.74) is 3.25. The summed E-state index contributed by atoms with van der Waals surface area (Å²) in [6.07, 6.45) is 0. The number of aliphatic imine (C=N–C) groups is 2. The zero-order valence-electron chi connectivity index (χ0n) is 9.24. The summed E-state index contributed by atoms with van der Waals surface area (Å²) in [7, 11) is 0. The molecule has 1 aromatic heterocycles. The molecule has 0 bridgehead atoms. The number of halogens is 2. The van der Waals surface area contributed by atoms with Gasteiger partial charge in [0.05, 0.1) is 22.8 Å². The van der Waals surface area contributed by atoms with Crippen molar-refractivity contribution in [2.45, 2.75) is 13.8 Å². The molecule has 0 spiro atoms. The molecular weight excluding hydrogens is 245 g/mol. The maximum Gasteiger partial charge on any atom is 0.113 e. The van der Waals surface area contributed by atoms with E-state index in [1.807, 2.05) is 32.0 Å². The zero-order chi connectivity index (χ0) is 12.0. The highest BCUT2D eigenvalue weighted by Gasteiger charge is 2.03. The third-order valence-corrected chi connectivity index (χ3v) is 2.32. The summed E-state index contributed by atoms with van der Waals surface area (Å²) in [4.78, 5) is 12.6. The topological polar surface area (TPSA) is 37.6 Å². The first kappa shape index (κ1) is 13.1. The lowest BCUT2D eigenvalue weighted by Gasteiger charge is -2.03. The van der Waals surface area contributed by atoms with Gasteiger partial charge in [-0.3, -0.25) is 9.98 Å². The van der Waals surface area contributed by atoms with E-state index in [1.165, 1.54) is 0 Å². The Morgan fingerprint density at radius 1 is 1.06 bits per heavy atom. The Bertz CT molecular complexity index is 378. The van der Waals surface area contributed by atoms with Crippen molar-refractivity contribution in [3.63, 3.8) is 0 Å². The molecule has 0 fully saturated rings. The van der Waals surface area contributed by atoms with Crippen LogP contribution in [0.2, 0.25) is 0 Å².